The molecular weight excluding hydrogens is 248 g/mol. The van der Waals surface area contributed by atoms with Gasteiger partial charge in [-0.1, -0.05) is 26.8 Å². The minimum atomic E-state index is -3.23. The highest BCUT2D eigenvalue weighted by atomic mass is 32.2. The van der Waals surface area contributed by atoms with Gasteiger partial charge in [-0.25, -0.2) is 8.42 Å². The van der Waals surface area contributed by atoms with Crippen LogP contribution in [0.3, 0.4) is 0 Å². The van der Waals surface area contributed by atoms with Crippen LogP contribution in [0.25, 0.3) is 0 Å². The number of hydrogen-bond donors (Lipinski definition) is 2. The summed E-state index contributed by atoms with van der Waals surface area (Å²) in [6.45, 7) is 6.53. The van der Waals surface area contributed by atoms with E-state index in [-0.39, 0.29) is 17.2 Å². The van der Waals surface area contributed by atoms with Crippen molar-refractivity contribution in [2.24, 2.45) is 5.73 Å². The van der Waals surface area contributed by atoms with Gasteiger partial charge in [0.1, 0.15) is 0 Å². The molecular formula is C13H20N2O2S. The van der Waals surface area contributed by atoms with E-state index in [1.54, 1.807) is 6.07 Å². The molecule has 18 heavy (non-hydrogen) atoms. The Morgan fingerprint density at radius 1 is 1.39 bits per heavy atom. The van der Waals surface area contributed by atoms with Gasteiger partial charge in [-0.15, -0.1) is 0 Å². The first-order valence-electron chi connectivity index (χ1n) is 6.08. The zero-order valence-corrected chi connectivity index (χ0v) is 11.8. The van der Waals surface area contributed by atoms with E-state index in [0.717, 1.165) is 5.56 Å². The van der Waals surface area contributed by atoms with E-state index >= 15 is 0 Å². The van der Waals surface area contributed by atoms with E-state index in [9.17, 15) is 8.42 Å². The SMILES string of the molecule is CC(C)(C)c1ccc2c(c1)S(=O)(=O)CC(CN)N2. The Morgan fingerprint density at radius 3 is 2.61 bits per heavy atom. The Balaban J connectivity index is 2.54. The van der Waals surface area contributed by atoms with Gasteiger partial charge in [-0.3, -0.25) is 0 Å². The lowest BCUT2D eigenvalue weighted by molar-refractivity contribution is 0.578. The molecule has 4 nitrogen and oxygen atoms in total. The fourth-order valence-corrected chi connectivity index (χ4v) is 3.81. The number of anilines is 1. The number of rotatable bonds is 1. The third-order valence-corrected chi connectivity index (χ3v) is 5.10. The summed E-state index contributed by atoms with van der Waals surface area (Å²) in [7, 11) is -3.23. The van der Waals surface area contributed by atoms with Gasteiger partial charge in [0.2, 0.25) is 0 Å². The molecule has 1 unspecified atom stereocenters. The van der Waals surface area contributed by atoms with Crippen LogP contribution in [0.5, 0.6) is 0 Å². The van der Waals surface area contributed by atoms with Crippen LogP contribution >= 0.6 is 0 Å². The van der Waals surface area contributed by atoms with Crippen LogP contribution in [0.2, 0.25) is 0 Å². The molecule has 1 aromatic carbocycles. The van der Waals surface area contributed by atoms with E-state index in [2.05, 4.69) is 26.1 Å². The minimum Gasteiger partial charge on any atom is -0.379 e. The zero-order valence-electron chi connectivity index (χ0n) is 11.0. The summed E-state index contributed by atoms with van der Waals surface area (Å²) in [5.41, 5.74) is 7.19. The first-order chi connectivity index (χ1) is 8.24. The monoisotopic (exact) mass is 268 g/mol. The molecule has 2 rings (SSSR count). The second-order valence-corrected chi connectivity index (χ2v) is 7.82. The normalized spacial score (nSPS) is 22.1. The van der Waals surface area contributed by atoms with E-state index in [1.807, 2.05) is 12.1 Å². The van der Waals surface area contributed by atoms with Crippen LogP contribution in [0.15, 0.2) is 23.1 Å². The molecule has 0 spiro atoms. The van der Waals surface area contributed by atoms with Crippen LogP contribution in [0.1, 0.15) is 26.3 Å². The smallest absolute Gasteiger partial charge is 0.182 e. The lowest BCUT2D eigenvalue weighted by Crippen LogP contribution is -2.39. The van der Waals surface area contributed by atoms with Gasteiger partial charge in [0.15, 0.2) is 9.84 Å². The van der Waals surface area contributed by atoms with Gasteiger partial charge in [0, 0.05) is 6.54 Å². The Kier molecular flexibility index (Phi) is 3.15. The molecule has 3 N–H and O–H groups in total. The fourth-order valence-electron chi connectivity index (χ4n) is 2.11. The molecule has 0 saturated carbocycles. The Bertz CT molecular complexity index is 559. The quantitative estimate of drug-likeness (QED) is 0.810. The van der Waals surface area contributed by atoms with Crippen molar-refractivity contribution in [2.45, 2.75) is 37.1 Å². The highest BCUT2D eigenvalue weighted by Crippen LogP contribution is 2.33. The molecule has 1 heterocycles. The van der Waals surface area contributed by atoms with Crippen LogP contribution in [0, 0.1) is 0 Å². The van der Waals surface area contributed by atoms with Crippen LogP contribution in [-0.4, -0.2) is 26.8 Å². The predicted molar refractivity (Wildman–Crippen MR) is 73.7 cm³/mol. The fraction of sp³-hybridized carbons (Fsp3) is 0.538. The highest BCUT2D eigenvalue weighted by Gasteiger charge is 2.30. The van der Waals surface area contributed by atoms with Gasteiger partial charge in [0.25, 0.3) is 0 Å². The molecule has 0 bridgehead atoms. The Morgan fingerprint density at radius 2 is 2.06 bits per heavy atom. The number of fused-ring (bicyclic) bond motifs is 1. The van der Waals surface area contributed by atoms with Gasteiger partial charge >= 0.3 is 0 Å². The average molecular weight is 268 g/mol. The van der Waals surface area contributed by atoms with Crippen LogP contribution in [-0.2, 0) is 15.3 Å². The first-order valence-corrected chi connectivity index (χ1v) is 7.73. The van der Waals surface area contributed by atoms with Gasteiger partial charge in [-0.2, -0.15) is 0 Å². The summed E-state index contributed by atoms with van der Waals surface area (Å²) < 4.78 is 24.5. The molecule has 1 aliphatic rings. The molecule has 0 amide bonds. The Hall–Kier alpha value is -1.07. The second kappa shape index (κ2) is 4.24. The van der Waals surface area contributed by atoms with Crippen molar-refractivity contribution in [3.8, 4) is 0 Å². The molecule has 1 atom stereocenters. The molecule has 1 aromatic rings. The predicted octanol–water partition coefficient (Wildman–Crippen LogP) is 1.51. The highest BCUT2D eigenvalue weighted by molar-refractivity contribution is 7.91. The largest absolute Gasteiger partial charge is 0.379 e. The second-order valence-electron chi connectivity index (χ2n) is 5.82. The van der Waals surface area contributed by atoms with E-state index < -0.39 is 9.84 Å². The molecule has 5 heteroatoms. The van der Waals surface area contributed by atoms with Crippen molar-refractivity contribution >= 4 is 15.5 Å². The summed E-state index contributed by atoms with van der Waals surface area (Å²) in [6.07, 6.45) is 0. The molecule has 0 saturated heterocycles. The van der Waals surface area contributed by atoms with Gasteiger partial charge in [0.05, 0.1) is 22.4 Å². The molecule has 1 aliphatic heterocycles. The van der Waals surface area contributed by atoms with Crippen molar-refractivity contribution in [1.29, 1.82) is 0 Å². The molecule has 0 radical (unpaired) electrons. The molecule has 0 fully saturated rings. The average Bonchev–Trinajstić information content (AvgIpc) is 2.26. The van der Waals surface area contributed by atoms with Crippen molar-refractivity contribution < 1.29 is 8.42 Å². The summed E-state index contributed by atoms with van der Waals surface area (Å²) >= 11 is 0. The number of nitrogens with one attached hydrogen (secondary N) is 1. The molecule has 0 aliphatic carbocycles. The summed E-state index contributed by atoms with van der Waals surface area (Å²) in [5, 5.41) is 3.18. The van der Waals surface area contributed by atoms with Crippen molar-refractivity contribution in [1.82, 2.24) is 0 Å². The van der Waals surface area contributed by atoms with Gasteiger partial charge in [-0.05, 0) is 23.1 Å². The first kappa shape index (κ1) is 13.4. The van der Waals surface area contributed by atoms with Crippen molar-refractivity contribution in [3.63, 3.8) is 0 Å². The van der Waals surface area contributed by atoms with Gasteiger partial charge < -0.3 is 11.1 Å². The summed E-state index contributed by atoms with van der Waals surface area (Å²) in [6, 6.07) is 5.41. The van der Waals surface area contributed by atoms with E-state index in [4.69, 9.17) is 5.73 Å². The lowest BCUT2D eigenvalue weighted by atomic mass is 9.87. The minimum absolute atomic E-state index is 0.0603. The standard InChI is InChI=1S/C13H20N2O2S/c1-13(2,3)9-4-5-11-12(6-9)18(16,17)8-10(7-14)15-11/h4-6,10,15H,7-8,14H2,1-3H3. The van der Waals surface area contributed by atoms with Crippen LogP contribution < -0.4 is 11.1 Å². The maximum atomic E-state index is 12.2. The third kappa shape index (κ3) is 2.37. The Labute approximate surface area is 108 Å². The summed E-state index contributed by atoms with van der Waals surface area (Å²) in [5.74, 6) is 0.0735. The lowest BCUT2D eigenvalue weighted by Gasteiger charge is -2.28. The topological polar surface area (TPSA) is 72.2 Å². The van der Waals surface area contributed by atoms with E-state index in [1.165, 1.54) is 0 Å². The van der Waals surface area contributed by atoms with Crippen molar-refractivity contribution in [3.05, 3.63) is 23.8 Å². The number of sulfone groups is 1. The van der Waals surface area contributed by atoms with Crippen molar-refractivity contribution in [2.75, 3.05) is 17.6 Å². The number of benzene rings is 1. The molecule has 100 valence electrons. The van der Waals surface area contributed by atoms with E-state index in [0.29, 0.717) is 17.1 Å². The number of nitrogens with two attached hydrogens (primary N) is 1. The number of hydrogen-bond acceptors (Lipinski definition) is 4. The van der Waals surface area contributed by atoms with Crippen LogP contribution in [0.4, 0.5) is 5.69 Å². The zero-order chi connectivity index (χ0) is 13.6. The third-order valence-electron chi connectivity index (χ3n) is 3.25. The molecule has 0 aromatic heterocycles. The maximum absolute atomic E-state index is 12.2. The maximum Gasteiger partial charge on any atom is 0.182 e. The summed E-state index contributed by atoms with van der Waals surface area (Å²) in [4.78, 5) is 0.402.